The van der Waals surface area contributed by atoms with Crippen molar-refractivity contribution in [2.75, 3.05) is 0 Å². The summed E-state index contributed by atoms with van der Waals surface area (Å²) in [6, 6.07) is 0. The first-order valence-electron chi connectivity index (χ1n) is 18.0. The molecule has 0 spiro atoms. The fraction of sp³-hybridized carbons (Fsp3) is 0.944. The molecule has 0 aliphatic rings. The highest BCUT2D eigenvalue weighted by Gasteiger charge is 2.21. The van der Waals surface area contributed by atoms with Crippen molar-refractivity contribution in [1.29, 1.82) is 0 Å². The molecule has 1 atom stereocenters. The molecule has 4 heteroatoms. The van der Waals surface area contributed by atoms with Crippen LogP contribution in [0.1, 0.15) is 213 Å². The standard InChI is InChI=1S/C36H70O4/c1-3-5-7-9-11-13-15-17-18-19-21-22-24-26-28-30-32-34(36(38)39)40-35(37)33-31-29-27-25-23-20-16-14-12-10-8-6-4-2/h34H,3-33H2,1-2H3,(H,38,39). The first kappa shape index (κ1) is 38.9. The molecule has 0 fully saturated rings. The first-order valence-corrected chi connectivity index (χ1v) is 18.0. The predicted octanol–water partition coefficient (Wildman–Crippen LogP) is 12.1. The van der Waals surface area contributed by atoms with E-state index in [0.717, 1.165) is 38.5 Å². The van der Waals surface area contributed by atoms with Gasteiger partial charge in [-0.1, -0.05) is 187 Å². The Hall–Kier alpha value is -1.06. The van der Waals surface area contributed by atoms with E-state index in [9.17, 15) is 14.7 Å². The molecular formula is C36H70O4. The van der Waals surface area contributed by atoms with E-state index in [4.69, 9.17) is 4.74 Å². The van der Waals surface area contributed by atoms with Crippen molar-refractivity contribution in [3.05, 3.63) is 0 Å². The summed E-state index contributed by atoms with van der Waals surface area (Å²) in [6.45, 7) is 4.54. The average molecular weight is 567 g/mol. The number of esters is 1. The summed E-state index contributed by atoms with van der Waals surface area (Å²) < 4.78 is 5.30. The topological polar surface area (TPSA) is 63.6 Å². The van der Waals surface area contributed by atoms with Crippen molar-refractivity contribution in [2.45, 2.75) is 219 Å². The molecule has 1 unspecified atom stereocenters. The van der Waals surface area contributed by atoms with Gasteiger partial charge in [0.05, 0.1) is 0 Å². The highest BCUT2D eigenvalue weighted by Crippen LogP contribution is 2.16. The Balaban J connectivity index is 3.52. The van der Waals surface area contributed by atoms with E-state index >= 15 is 0 Å². The number of hydrogen-bond donors (Lipinski definition) is 1. The van der Waals surface area contributed by atoms with Crippen LogP contribution in [0, 0.1) is 0 Å². The molecule has 0 radical (unpaired) electrons. The van der Waals surface area contributed by atoms with Gasteiger partial charge in [0.1, 0.15) is 0 Å². The van der Waals surface area contributed by atoms with Gasteiger partial charge in [-0.25, -0.2) is 4.79 Å². The summed E-state index contributed by atoms with van der Waals surface area (Å²) >= 11 is 0. The molecule has 238 valence electrons. The van der Waals surface area contributed by atoms with Crippen molar-refractivity contribution >= 4 is 11.9 Å². The van der Waals surface area contributed by atoms with E-state index in [1.54, 1.807) is 0 Å². The van der Waals surface area contributed by atoms with Gasteiger partial charge < -0.3 is 9.84 Å². The minimum absolute atomic E-state index is 0.341. The van der Waals surface area contributed by atoms with Gasteiger partial charge in [0, 0.05) is 6.42 Å². The maximum absolute atomic E-state index is 12.1. The number of carboxylic acid groups (broad SMARTS) is 1. The normalized spacial score (nSPS) is 12.1. The van der Waals surface area contributed by atoms with Crippen LogP contribution in [0.25, 0.3) is 0 Å². The molecule has 40 heavy (non-hydrogen) atoms. The predicted molar refractivity (Wildman–Crippen MR) is 172 cm³/mol. The number of aliphatic carboxylic acids is 1. The van der Waals surface area contributed by atoms with E-state index in [1.807, 2.05) is 0 Å². The second kappa shape index (κ2) is 32.5. The smallest absolute Gasteiger partial charge is 0.345 e. The van der Waals surface area contributed by atoms with Gasteiger partial charge in [0.25, 0.3) is 0 Å². The first-order chi connectivity index (χ1) is 19.6. The molecule has 1 N–H and O–H groups in total. The average Bonchev–Trinajstić information content (AvgIpc) is 2.94. The van der Waals surface area contributed by atoms with E-state index in [-0.39, 0.29) is 5.97 Å². The molecule has 0 aromatic carbocycles. The highest BCUT2D eigenvalue weighted by molar-refractivity contribution is 5.77. The van der Waals surface area contributed by atoms with Crippen LogP contribution < -0.4 is 0 Å². The zero-order chi connectivity index (χ0) is 29.4. The summed E-state index contributed by atoms with van der Waals surface area (Å²) in [4.78, 5) is 23.7. The fourth-order valence-corrected chi connectivity index (χ4v) is 5.62. The summed E-state index contributed by atoms with van der Waals surface area (Å²) in [6.07, 6.45) is 37.0. The lowest BCUT2D eigenvalue weighted by Gasteiger charge is -2.13. The summed E-state index contributed by atoms with van der Waals surface area (Å²) in [7, 11) is 0. The minimum Gasteiger partial charge on any atom is -0.479 e. The SMILES string of the molecule is CCCCCCCCCCCCCCCCCCC(OC(=O)CCCCCCCCCCCCCCC)C(=O)O. The van der Waals surface area contributed by atoms with E-state index in [0.29, 0.717) is 12.8 Å². The molecule has 0 heterocycles. The molecule has 0 aromatic heterocycles. The highest BCUT2D eigenvalue weighted by atomic mass is 16.6. The van der Waals surface area contributed by atoms with Crippen molar-refractivity contribution in [1.82, 2.24) is 0 Å². The Kier molecular flexibility index (Phi) is 31.6. The molecule has 0 aliphatic heterocycles. The second-order valence-corrected chi connectivity index (χ2v) is 12.4. The van der Waals surface area contributed by atoms with E-state index in [1.165, 1.54) is 148 Å². The van der Waals surface area contributed by atoms with Crippen LogP contribution in [0.2, 0.25) is 0 Å². The second-order valence-electron chi connectivity index (χ2n) is 12.4. The molecule has 0 rings (SSSR count). The third kappa shape index (κ3) is 29.9. The number of hydrogen-bond acceptors (Lipinski definition) is 3. The number of unbranched alkanes of at least 4 members (excludes halogenated alkanes) is 27. The summed E-state index contributed by atoms with van der Waals surface area (Å²) in [5, 5.41) is 9.45. The molecule has 0 bridgehead atoms. The Labute approximate surface area is 250 Å². The van der Waals surface area contributed by atoms with Crippen LogP contribution in [-0.4, -0.2) is 23.1 Å². The number of carbonyl (C=O) groups excluding carboxylic acids is 1. The van der Waals surface area contributed by atoms with Crippen LogP contribution in [0.3, 0.4) is 0 Å². The van der Waals surface area contributed by atoms with Gasteiger partial charge in [-0.2, -0.15) is 0 Å². The molecule has 0 aliphatic carbocycles. The van der Waals surface area contributed by atoms with Crippen LogP contribution in [0.15, 0.2) is 0 Å². The lowest BCUT2D eigenvalue weighted by Crippen LogP contribution is -2.27. The molecule has 0 saturated carbocycles. The van der Waals surface area contributed by atoms with Gasteiger partial charge in [-0.15, -0.1) is 0 Å². The summed E-state index contributed by atoms with van der Waals surface area (Å²) in [5.74, 6) is -1.34. The molecule has 0 amide bonds. The Morgan fingerprint density at radius 1 is 0.450 bits per heavy atom. The van der Waals surface area contributed by atoms with Crippen LogP contribution in [0.5, 0.6) is 0 Å². The maximum atomic E-state index is 12.1. The zero-order valence-electron chi connectivity index (χ0n) is 27.2. The molecular weight excluding hydrogens is 496 g/mol. The van der Waals surface area contributed by atoms with Gasteiger partial charge >= 0.3 is 11.9 Å². The number of ether oxygens (including phenoxy) is 1. The van der Waals surface area contributed by atoms with E-state index in [2.05, 4.69) is 13.8 Å². The quantitative estimate of drug-likeness (QED) is 0.0633. The minimum atomic E-state index is -1.00. The van der Waals surface area contributed by atoms with E-state index < -0.39 is 12.1 Å². The molecule has 0 aromatic rings. The molecule has 0 saturated heterocycles. The largest absolute Gasteiger partial charge is 0.479 e. The van der Waals surface area contributed by atoms with Gasteiger partial charge in [-0.3, -0.25) is 4.79 Å². The third-order valence-electron chi connectivity index (χ3n) is 8.35. The Morgan fingerprint density at radius 3 is 1.02 bits per heavy atom. The van der Waals surface area contributed by atoms with Crippen LogP contribution >= 0.6 is 0 Å². The monoisotopic (exact) mass is 567 g/mol. The number of rotatable bonds is 33. The number of carbonyl (C=O) groups is 2. The van der Waals surface area contributed by atoms with Crippen LogP contribution in [0.4, 0.5) is 0 Å². The number of carboxylic acids is 1. The van der Waals surface area contributed by atoms with Crippen LogP contribution in [-0.2, 0) is 14.3 Å². The van der Waals surface area contributed by atoms with Crippen molar-refractivity contribution < 1.29 is 19.4 Å². The maximum Gasteiger partial charge on any atom is 0.345 e. The third-order valence-corrected chi connectivity index (χ3v) is 8.35. The lowest BCUT2D eigenvalue weighted by molar-refractivity contribution is -0.164. The molecule has 4 nitrogen and oxygen atoms in total. The zero-order valence-corrected chi connectivity index (χ0v) is 27.2. The Bertz CT molecular complexity index is 533. The van der Waals surface area contributed by atoms with Crippen molar-refractivity contribution in [2.24, 2.45) is 0 Å². The van der Waals surface area contributed by atoms with Crippen molar-refractivity contribution in [3.63, 3.8) is 0 Å². The lowest BCUT2D eigenvalue weighted by atomic mass is 10.0. The Morgan fingerprint density at radius 2 is 0.725 bits per heavy atom. The van der Waals surface area contributed by atoms with Gasteiger partial charge in [0.15, 0.2) is 6.10 Å². The van der Waals surface area contributed by atoms with Crippen molar-refractivity contribution in [3.8, 4) is 0 Å². The van der Waals surface area contributed by atoms with Gasteiger partial charge in [0.2, 0.25) is 0 Å². The fourth-order valence-electron chi connectivity index (χ4n) is 5.62. The van der Waals surface area contributed by atoms with Gasteiger partial charge in [-0.05, 0) is 19.3 Å². The summed E-state index contributed by atoms with van der Waals surface area (Å²) in [5.41, 5.74) is 0.